The molecule has 6 nitrogen and oxygen atoms in total. The van der Waals surface area contributed by atoms with E-state index in [1.54, 1.807) is 0 Å². The first kappa shape index (κ1) is 20.1. The van der Waals surface area contributed by atoms with Crippen LogP contribution in [0.4, 0.5) is 5.69 Å². The summed E-state index contributed by atoms with van der Waals surface area (Å²) >= 11 is 1.44. The fourth-order valence-corrected chi connectivity index (χ4v) is 4.60. The van der Waals surface area contributed by atoms with Gasteiger partial charge in [0.15, 0.2) is 0 Å². The second kappa shape index (κ2) is 8.65. The van der Waals surface area contributed by atoms with E-state index in [1.165, 1.54) is 11.3 Å². The standard InChI is InChI=1S/C22H29N5OS/c1-4-25-9-11-26(12-10-25)15-21-24-18-14-17(7-8-19(18)27(21)16(2)3)23-22(28)20-6-5-13-29-20/h5-8,13-14,16H,4,9-12,15H2,1-3H3,(H,23,28). The highest BCUT2D eigenvalue weighted by atomic mass is 32.1. The van der Waals surface area contributed by atoms with Gasteiger partial charge in [0, 0.05) is 37.9 Å². The molecule has 7 heteroatoms. The number of imidazole rings is 1. The number of piperazine rings is 1. The Kier molecular flexibility index (Phi) is 5.99. The Labute approximate surface area is 176 Å². The van der Waals surface area contributed by atoms with Gasteiger partial charge in [0.2, 0.25) is 0 Å². The Morgan fingerprint density at radius 3 is 2.59 bits per heavy atom. The highest BCUT2D eigenvalue weighted by molar-refractivity contribution is 7.12. The zero-order valence-electron chi connectivity index (χ0n) is 17.4. The number of thiophene rings is 1. The van der Waals surface area contributed by atoms with E-state index < -0.39 is 0 Å². The predicted octanol–water partition coefficient (Wildman–Crippen LogP) is 4.07. The summed E-state index contributed by atoms with van der Waals surface area (Å²) in [6.45, 7) is 13.0. The summed E-state index contributed by atoms with van der Waals surface area (Å²) in [4.78, 5) is 23.0. The largest absolute Gasteiger partial charge is 0.324 e. The van der Waals surface area contributed by atoms with E-state index in [9.17, 15) is 4.79 Å². The molecule has 1 aliphatic heterocycles. The minimum Gasteiger partial charge on any atom is -0.324 e. The third kappa shape index (κ3) is 4.37. The van der Waals surface area contributed by atoms with Crippen molar-refractivity contribution in [1.82, 2.24) is 19.4 Å². The first-order chi connectivity index (χ1) is 14.0. The summed E-state index contributed by atoms with van der Waals surface area (Å²) < 4.78 is 2.33. The number of fused-ring (bicyclic) bond motifs is 1. The van der Waals surface area contributed by atoms with Crippen LogP contribution in [0.5, 0.6) is 0 Å². The minimum absolute atomic E-state index is 0.0725. The maximum atomic E-state index is 12.4. The molecule has 29 heavy (non-hydrogen) atoms. The Hall–Kier alpha value is -2.22. The van der Waals surface area contributed by atoms with Gasteiger partial charge >= 0.3 is 0 Å². The number of aromatic nitrogens is 2. The van der Waals surface area contributed by atoms with Gasteiger partial charge in [-0.3, -0.25) is 9.69 Å². The number of anilines is 1. The third-order valence-corrected chi connectivity index (χ3v) is 6.43. The second-order valence-corrected chi connectivity index (χ2v) is 8.78. The van der Waals surface area contributed by atoms with Gasteiger partial charge < -0.3 is 14.8 Å². The first-order valence-electron chi connectivity index (χ1n) is 10.4. The van der Waals surface area contributed by atoms with Crippen LogP contribution in [0.3, 0.4) is 0 Å². The van der Waals surface area contributed by atoms with Gasteiger partial charge in [0.25, 0.3) is 5.91 Å². The molecular formula is C22H29N5OS. The van der Waals surface area contributed by atoms with Crippen molar-refractivity contribution in [3.8, 4) is 0 Å². The molecule has 1 amide bonds. The lowest BCUT2D eigenvalue weighted by atomic mass is 10.2. The van der Waals surface area contributed by atoms with E-state index in [2.05, 4.69) is 46.5 Å². The molecule has 2 aromatic heterocycles. The summed E-state index contributed by atoms with van der Waals surface area (Å²) in [6, 6.07) is 10.1. The van der Waals surface area contributed by atoms with Gasteiger partial charge in [0.05, 0.1) is 22.5 Å². The molecule has 0 atom stereocenters. The van der Waals surface area contributed by atoms with Crippen LogP contribution in [0.1, 0.15) is 42.3 Å². The molecule has 0 unspecified atom stereocenters. The molecule has 1 saturated heterocycles. The molecule has 0 bridgehead atoms. The minimum atomic E-state index is -0.0725. The zero-order valence-corrected chi connectivity index (χ0v) is 18.2. The Morgan fingerprint density at radius 1 is 1.17 bits per heavy atom. The van der Waals surface area contributed by atoms with E-state index in [-0.39, 0.29) is 5.91 Å². The average Bonchev–Trinajstić information content (AvgIpc) is 3.36. The van der Waals surface area contributed by atoms with Crippen molar-refractivity contribution in [2.24, 2.45) is 0 Å². The molecule has 0 saturated carbocycles. The predicted molar refractivity (Wildman–Crippen MR) is 120 cm³/mol. The number of rotatable bonds is 6. The van der Waals surface area contributed by atoms with Crippen LogP contribution in [-0.4, -0.2) is 58.0 Å². The monoisotopic (exact) mass is 411 g/mol. The van der Waals surface area contributed by atoms with Crippen LogP contribution in [-0.2, 0) is 6.54 Å². The first-order valence-corrected chi connectivity index (χ1v) is 11.2. The lowest BCUT2D eigenvalue weighted by Gasteiger charge is -2.34. The molecule has 1 N–H and O–H groups in total. The van der Waals surface area contributed by atoms with Gasteiger partial charge in [-0.25, -0.2) is 4.98 Å². The fraction of sp³-hybridized carbons (Fsp3) is 0.455. The third-order valence-electron chi connectivity index (χ3n) is 5.56. The highest BCUT2D eigenvalue weighted by Crippen LogP contribution is 2.25. The smallest absolute Gasteiger partial charge is 0.265 e. The number of carbonyl (C=O) groups excluding carboxylic acids is 1. The molecule has 3 aromatic rings. The normalized spacial score (nSPS) is 16.0. The number of benzene rings is 1. The Balaban J connectivity index is 1.56. The van der Waals surface area contributed by atoms with Crippen molar-refractivity contribution in [2.45, 2.75) is 33.4 Å². The fourth-order valence-electron chi connectivity index (χ4n) is 3.98. The van der Waals surface area contributed by atoms with Gasteiger partial charge in [-0.1, -0.05) is 13.0 Å². The molecule has 0 spiro atoms. The topological polar surface area (TPSA) is 53.4 Å². The van der Waals surface area contributed by atoms with E-state index in [4.69, 9.17) is 4.98 Å². The lowest BCUT2D eigenvalue weighted by molar-refractivity contribution is 0.103. The lowest BCUT2D eigenvalue weighted by Crippen LogP contribution is -2.45. The summed E-state index contributed by atoms with van der Waals surface area (Å²) in [5, 5.41) is 4.91. The molecule has 0 radical (unpaired) electrons. The number of nitrogens with one attached hydrogen (secondary N) is 1. The average molecular weight is 412 g/mol. The summed E-state index contributed by atoms with van der Waals surface area (Å²) in [6.07, 6.45) is 0. The number of nitrogens with zero attached hydrogens (tertiary/aromatic N) is 4. The second-order valence-electron chi connectivity index (χ2n) is 7.84. The number of hydrogen-bond donors (Lipinski definition) is 1. The van der Waals surface area contributed by atoms with E-state index in [0.29, 0.717) is 10.9 Å². The van der Waals surface area contributed by atoms with Crippen LogP contribution >= 0.6 is 11.3 Å². The van der Waals surface area contributed by atoms with Crippen LogP contribution < -0.4 is 5.32 Å². The van der Waals surface area contributed by atoms with Crippen molar-refractivity contribution in [3.05, 3.63) is 46.4 Å². The molecular weight excluding hydrogens is 382 g/mol. The number of hydrogen-bond acceptors (Lipinski definition) is 5. The Morgan fingerprint density at radius 2 is 1.93 bits per heavy atom. The van der Waals surface area contributed by atoms with Gasteiger partial charge in [0.1, 0.15) is 5.82 Å². The number of amides is 1. The number of likely N-dealkylation sites (N-methyl/N-ethyl adjacent to an activating group) is 1. The zero-order chi connectivity index (χ0) is 20.4. The molecule has 0 aliphatic carbocycles. The van der Waals surface area contributed by atoms with Crippen molar-refractivity contribution in [3.63, 3.8) is 0 Å². The quantitative estimate of drug-likeness (QED) is 0.664. The summed E-state index contributed by atoms with van der Waals surface area (Å²) in [7, 11) is 0. The van der Waals surface area contributed by atoms with Crippen LogP contribution in [0, 0.1) is 0 Å². The summed E-state index contributed by atoms with van der Waals surface area (Å²) in [5.74, 6) is 1.03. The van der Waals surface area contributed by atoms with Gasteiger partial charge in [-0.2, -0.15) is 0 Å². The van der Waals surface area contributed by atoms with E-state index >= 15 is 0 Å². The van der Waals surface area contributed by atoms with Crippen LogP contribution in [0.2, 0.25) is 0 Å². The van der Waals surface area contributed by atoms with Gasteiger partial charge in [-0.05, 0) is 50.0 Å². The van der Waals surface area contributed by atoms with E-state index in [1.807, 2.05) is 29.6 Å². The van der Waals surface area contributed by atoms with Crippen LogP contribution in [0.25, 0.3) is 11.0 Å². The van der Waals surface area contributed by atoms with Crippen molar-refractivity contribution in [1.29, 1.82) is 0 Å². The SMILES string of the molecule is CCN1CCN(Cc2nc3cc(NC(=O)c4cccs4)ccc3n2C(C)C)CC1. The molecule has 1 aliphatic rings. The molecule has 3 heterocycles. The van der Waals surface area contributed by atoms with Crippen molar-refractivity contribution < 1.29 is 4.79 Å². The molecule has 1 aromatic carbocycles. The molecule has 154 valence electrons. The van der Waals surface area contributed by atoms with E-state index in [0.717, 1.165) is 61.8 Å². The van der Waals surface area contributed by atoms with Crippen molar-refractivity contribution in [2.75, 3.05) is 38.0 Å². The Bertz CT molecular complexity index is 971. The maximum absolute atomic E-state index is 12.4. The van der Waals surface area contributed by atoms with Crippen LogP contribution in [0.15, 0.2) is 35.7 Å². The van der Waals surface area contributed by atoms with Gasteiger partial charge in [-0.15, -0.1) is 11.3 Å². The highest BCUT2D eigenvalue weighted by Gasteiger charge is 2.20. The maximum Gasteiger partial charge on any atom is 0.265 e. The molecule has 1 fully saturated rings. The molecule has 4 rings (SSSR count). The summed E-state index contributed by atoms with van der Waals surface area (Å²) in [5.41, 5.74) is 2.84. The number of carbonyl (C=O) groups is 1. The van der Waals surface area contributed by atoms with Crippen molar-refractivity contribution >= 4 is 34.0 Å².